The first-order valence-electron chi connectivity index (χ1n) is 9.20. The number of benzene rings is 1. The minimum atomic E-state index is -6.90. The molecule has 0 saturated carbocycles. The lowest BCUT2D eigenvalue weighted by atomic mass is 9.93. The molecule has 3 rings (SSSR count). The maximum absolute atomic E-state index is 14.9. The molecule has 3 aromatic rings. The number of fused-ring (bicyclic) bond motifs is 1. The van der Waals surface area contributed by atoms with E-state index in [1.807, 2.05) is 0 Å². The smallest absolute Gasteiger partial charge is 0.460 e. The SMILES string of the molecule is O=C(O)c1ccn2c(C(=O)c3ccc([N+](=O)[O-])cc3)c(C(F)(F)C(F)(F)C(F)(F)F)c(C(=O)O)c2c1. The Morgan fingerprint density at radius 2 is 1.42 bits per heavy atom. The van der Waals surface area contributed by atoms with Crippen LogP contribution in [0.25, 0.3) is 5.52 Å². The Hall–Kier alpha value is -4.50. The first-order chi connectivity index (χ1) is 16.4. The third-order valence-corrected chi connectivity index (χ3v) is 5.02. The number of carboxylic acids is 2. The van der Waals surface area contributed by atoms with E-state index in [9.17, 15) is 60.3 Å². The molecule has 2 heterocycles. The number of carboxylic acid groups (broad SMARTS) is 2. The molecule has 0 unspecified atom stereocenters. The number of hydrogen-bond donors (Lipinski definition) is 2. The van der Waals surface area contributed by atoms with Crippen LogP contribution in [0.5, 0.6) is 0 Å². The van der Waals surface area contributed by atoms with Crippen LogP contribution in [-0.4, -0.2) is 49.4 Å². The van der Waals surface area contributed by atoms with Gasteiger partial charge in [0.15, 0.2) is 0 Å². The summed E-state index contributed by atoms with van der Waals surface area (Å²) in [6.45, 7) is 0. The second-order valence-electron chi connectivity index (χ2n) is 7.16. The van der Waals surface area contributed by atoms with Crippen molar-refractivity contribution in [3.63, 3.8) is 0 Å². The van der Waals surface area contributed by atoms with Gasteiger partial charge in [0.1, 0.15) is 5.69 Å². The summed E-state index contributed by atoms with van der Waals surface area (Å²) in [7, 11) is 0. The van der Waals surface area contributed by atoms with E-state index in [1.54, 1.807) is 0 Å². The maximum Gasteiger partial charge on any atom is 0.460 e. The van der Waals surface area contributed by atoms with Crippen molar-refractivity contribution in [2.75, 3.05) is 0 Å². The minimum Gasteiger partial charge on any atom is -0.478 e. The number of halogens is 7. The quantitative estimate of drug-likeness (QED) is 0.197. The molecule has 2 aromatic heterocycles. The molecule has 0 aliphatic rings. The molecule has 1 aromatic carbocycles. The van der Waals surface area contributed by atoms with Gasteiger partial charge in [0.25, 0.3) is 5.69 Å². The molecule has 190 valence electrons. The molecular formula is C20H9F7N2O7. The van der Waals surface area contributed by atoms with E-state index in [2.05, 4.69) is 0 Å². The fourth-order valence-corrected chi connectivity index (χ4v) is 3.34. The molecule has 0 radical (unpaired) electrons. The lowest BCUT2D eigenvalue weighted by Gasteiger charge is -2.29. The van der Waals surface area contributed by atoms with Gasteiger partial charge in [-0.05, 0) is 24.3 Å². The topological polar surface area (TPSA) is 139 Å². The average molecular weight is 522 g/mol. The highest BCUT2D eigenvalue weighted by molar-refractivity contribution is 6.13. The van der Waals surface area contributed by atoms with Gasteiger partial charge in [0.05, 0.1) is 27.1 Å². The molecular weight excluding hydrogens is 513 g/mol. The van der Waals surface area contributed by atoms with E-state index < -0.39 is 79.8 Å². The highest BCUT2D eigenvalue weighted by atomic mass is 19.4. The Morgan fingerprint density at radius 1 is 0.861 bits per heavy atom. The van der Waals surface area contributed by atoms with E-state index in [1.165, 1.54) is 0 Å². The molecule has 0 atom stereocenters. The fraction of sp³-hybridized carbons (Fsp3) is 0.150. The Labute approximate surface area is 193 Å². The fourth-order valence-electron chi connectivity index (χ4n) is 3.34. The number of nitro benzene ring substituents is 1. The predicted molar refractivity (Wildman–Crippen MR) is 103 cm³/mol. The number of nitro groups is 1. The molecule has 0 bridgehead atoms. The molecule has 2 N–H and O–H groups in total. The minimum absolute atomic E-state index is 0.231. The molecule has 0 fully saturated rings. The van der Waals surface area contributed by atoms with Crippen molar-refractivity contribution in [3.8, 4) is 0 Å². The summed E-state index contributed by atoms with van der Waals surface area (Å²) >= 11 is 0. The summed E-state index contributed by atoms with van der Waals surface area (Å²) in [6, 6.07) is 3.80. The molecule has 0 saturated heterocycles. The number of ketones is 1. The van der Waals surface area contributed by atoms with Gasteiger partial charge in [-0.3, -0.25) is 14.9 Å². The number of aromatic carboxylic acids is 2. The van der Waals surface area contributed by atoms with Crippen LogP contribution in [0.1, 0.15) is 42.3 Å². The van der Waals surface area contributed by atoms with E-state index in [4.69, 9.17) is 5.11 Å². The number of rotatable bonds is 7. The van der Waals surface area contributed by atoms with Crippen LogP contribution < -0.4 is 0 Å². The van der Waals surface area contributed by atoms with Crippen LogP contribution in [0.3, 0.4) is 0 Å². The van der Waals surface area contributed by atoms with Crippen LogP contribution in [0, 0.1) is 10.1 Å². The lowest BCUT2D eigenvalue weighted by molar-refractivity contribution is -0.384. The summed E-state index contributed by atoms with van der Waals surface area (Å²) < 4.78 is 97.0. The lowest BCUT2D eigenvalue weighted by Crippen LogP contribution is -2.50. The summed E-state index contributed by atoms with van der Waals surface area (Å²) in [4.78, 5) is 46.0. The van der Waals surface area contributed by atoms with Gasteiger partial charge < -0.3 is 14.6 Å². The first-order valence-corrected chi connectivity index (χ1v) is 9.20. The maximum atomic E-state index is 14.9. The van der Waals surface area contributed by atoms with Crippen LogP contribution in [-0.2, 0) is 5.92 Å². The van der Waals surface area contributed by atoms with Crippen LogP contribution in [0.2, 0.25) is 0 Å². The highest BCUT2D eigenvalue weighted by Gasteiger charge is 2.75. The summed E-state index contributed by atoms with van der Waals surface area (Å²) in [6.07, 6.45) is -6.38. The number of hydrogen-bond acceptors (Lipinski definition) is 5. The van der Waals surface area contributed by atoms with Crippen molar-refractivity contribution in [3.05, 3.63) is 80.7 Å². The number of nitrogens with zero attached hydrogens (tertiary/aromatic N) is 2. The molecule has 16 heteroatoms. The number of non-ortho nitro benzene ring substituents is 1. The van der Waals surface area contributed by atoms with Crippen LogP contribution in [0.4, 0.5) is 36.4 Å². The summed E-state index contributed by atoms with van der Waals surface area (Å²) in [5.74, 6) is -19.1. The Morgan fingerprint density at radius 3 is 1.86 bits per heavy atom. The summed E-state index contributed by atoms with van der Waals surface area (Å²) in [5.41, 5.74) is -9.23. The van der Waals surface area contributed by atoms with Crippen LogP contribution >= 0.6 is 0 Å². The van der Waals surface area contributed by atoms with Gasteiger partial charge in [-0.1, -0.05) is 0 Å². The zero-order valence-electron chi connectivity index (χ0n) is 17.0. The third-order valence-electron chi connectivity index (χ3n) is 5.02. The molecule has 9 nitrogen and oxygen atoms in total. The van der Waals surface area contributed by atoms with E-state index in [-0.39, 0.29) is 4.40 Å². The van der Waals surface area contributed by atoms with Crippen LogP contribution in [0.15, 0.2) is 42.6 Å². The van der Waals surface area contributed by atoms with Crippen molar-refractivity contribution in [2.45, 2.75) is 18.0 Å². The number of carbonyl (C=O) groups excluding carboxylic acids is 1. The largest absolute Gasteiger partial charge is 0.478 e. The second-order valence-corrected chi connectivity index (χ2v) is 7.16. The zero-order valence-corrected chi connectivity index (χ0v) is 17.0. The highest BCUT2D eigenvalue weighted by Crippen LogP contribution is 2.54. The van der Waals surface area contributed by atoms with Crippen molar-refractivity contribution < 1.29 is 60.3 Å². The average Bonchev–Trinajstić information content (AvgIpc) is 3.13. The molecule has 0 spiro atoms. The monoisotopic (exact) mass is 522 g/mol. The standard InChI is InChI=1S/C20H9F7N2O7/c21-18(22,19(23,24)20(25,26)27)13-12(17(33)34)11-7-9(16(31)32)5-6-28(11)14(13)15(30)8-1-3-10(4-2-8)29(35)36/h1-7H,(H,31,32)(H,33,34). The number of pyridine rings is 1. The first kappa shape index (κ1) is 26.1. The van der Waals surface area contributed by atoms with E-state index in [0.717, 1.165) is 0 Å². The second kappa shape index (κ2) is 8.31. The number of alkyl halides is 7. The molecule has 36 heavy (non-hydrogen) atoms. The van der Waals surface area contributed by atoms with Crippen molar-refractivity contribution in [1.29, 1.82) is 0 Å². The Bertz CT molecular complexity index is 1430. The van der Waals surface area contributed by atoms with Gasteiger partial charge in [0.2, 0.25) is 5.78 Å². The molecule has 0 aliphatic carbocycles. The number of carbonyl (C=O) groups is 3. The van der Waals surface area contributed by atoms with Crippen molar-refractivity contribution in [2.24, 2.45) is 0 Å². The van der Waals surface area contributed by atoms with Crippen molar-refractivity contribution >= 4 is 28.9 Å². The van der Waals surface area contributed by atoms with E-state index in [0.29, 0.717) is 42.6 Å². The zero-order chi connectivity index (χ0) is 27.4. The summed E-state index contributed by atoms with van der Waals surface area (Å²) in [5, 5.41) is 29.4. The van der Waals surface area contributed by atoms with Gasteiger partial charge in [-0.25, -0.2) is 9.59 Å². The van der Waals surface area contributed by atoms with Crippen molar-refractivity contribution in [1.82, 2.24) is 4.40 Å². The van der Waals surface area contributed by atoms with Gasteiger partial charge >= 0.3 is 30.0 Å². The molecule has 0 aliphatic heterocycles. The normalized spacial score (nSPS) is 12.5. The molecule has 0 amide bonds. The third kappa shape index (κ3) is 3.89. The Balaban J connectivity index is 2.49. The predicted octanol–water partition coefficient (Wildman–Crippen LogP) is 4.76. The van der Waals surface area contributed by atoms with Gasteiger partial charge in [-0.2, -0.15) is 30.7 Å². The Kier molecular flexibility index (Phi) is 6.03. The van der Waals surface area contributed by atoms with E-state index >= 15 is 0 Å². The van der Waals surface area contributed by atoms with Gasteiger partial charge in [0, 0.05) is 23.9 Å². The van der Waals surface area contributed by atoms with Gasteiger partial charge in [-0.15, -0.1) is 0 Å². The number of aromatic nitrogens is 1.